The summed E-state index contributed by atoms with van der Waals surface area (Å²) in [6, 6.07) is 44.8. The molecule has 1 heterocycles. The van der Waals surface area contributed by atoms with Crippen molar-refractivity contribution in [3.63, 3.8) is 0 Å². The Labute approximate surface area is 243 Å². The Hall–Kier alpha value is -4.14. The molecule has 0 radical (unpaired) electrons. The zero-order chi connectivity index (χ0) is 26.9. The van der Waals surface area contributed by atoms with Crippen LogP contribution in [0.25, 0.3) is 27.5 Å². The van der Waals surface area contributed by atoms with Gasteiger partial charge in [-0.15, -0.1) is 0 Å². The van der Waals surface area contributed by atoms with Crippen LogP contribution >= 0.6 is 15.9 Å². The van der Waals surface area contributed by atoms with Crippen molar-refractivity contribution in [3.8, 4) is 5.69 Å². The zero-order valence-corrected chi connectivity index (χ0v) is 23.9. The van der Waals surface area contributed by atoms with E-state index in [1.807, 2.05) is 0 Å². The van der Waals surface area contributed by atoms with Crippen molar-refractivity contribution in [1.29, 1.82) is 0 Å². The van der Waals surface area contributed by atoms with Gasteiger partial charge in [-0.2, -0.15) is 0 Å². The predicted molar refractivity (Wildman–Crippen MR) is 170 cm³/mol. The molecule has 0 amide bonds. The normalized spacial score (nSPS) is 21.4. The molecule has 8 rings (SSSR count). The maximum Gasteiger partial charge on any atom is 0.0677 e. The van der Waals surface area contributed by atoms with Crippen LogP contribution in [-0.4, -0.2) is 4.57 Å². The molecule has 2 unspecified atom stereocenters. The number of hydrogen-bond acceptors (Lipinski definition) is 0. The zero-order valence-electron chi connectivity index (χ0n) is 22.3. The van der Waals surface area contributed by atoms with Gasteiger partial charge in [0.15, 0.2) is 0 Å². The van der Waals surface area contributed by atoms with Crippen LogP contribution in [0.1, 0.15) is 35.6 Å². The van der Waals surface area contributed by atoms with Gasteiger partial charge in [0.25, 0.3) is 0 Å². The van der Waals surface area contributed by atoms with Crippen molar-refractivity contribution in [2.45, 2.75) is 24.2 Å². The van der Waals surface area contributed by atoms with Gasteiger partial charge in [-0.25, -0.2) is 0 Å². The number of hydrogen-bond donors (Lipinski definition) is 0. The number of nitrogens with zero attached hydrogens (tertiary/aromatic N) is 1. The largest absolute Gasteiger partial charge is 0.309 e. The van der Waals surface area contributed by atoms with Crippen molar-refractivity contribution in [2.24, 2.45) is 0 Å². The van der Waals surface area contributed by atoms with E-state index in [1.165, 1.54) is 55.3 Å². The number of allylic oxidation sites excluding steroid dienone is 4. The van der Waals surface area contributed by atoms with Crippen LogP contribution in [0.2, 0.25) is 0 Å². The average molecular weight is 579 g/mol. The van der Waals surface area contributed by atoms with Gasteiger partial charge in [-0.05, 0) is 70.6 Å². The van der Waals surface area contributed by atoms with Gasteiger partial charge in [0.1, 0.15) is 0 Å². The second-order valence-corrected chi connectivity index (χ2v) is 12.2. The van der Waals surface area contributed by atoms with E-state index in [1.54, 1.807) is 0 Å². The number of para-hydroxylation sites is 2. The van der Waals surface area contributed by atoms with Gasteiger partial charge in [-0.3, -0.25) is 0 Å². The topological polar surface area (TPSA) is 4.93 Å². The summed E-state index contributed by atoms with van der Waals surface area (Å²) in [5.41, 5.74) is 9.99. The van der Waals surface area contributed by atoms with Crippen molar-refractivity contribution < 1.29 is 0 Å². The standard InChI is InChI=1S/C38H28BrN/c1-37-23-10-9-20-36(37)38(26-12-3-2-4-13-26,27-14-11-15-28(39)24-27)33-25-29(21-22-32(33)37)40-34-18-7-5-16-30(34)31-17-6-8-19-35(31)40/h2-22,24-25H,23H2,1H3. The van der Waals surface area contributed by atoms with Crippen molar-refractivity contribution in [1.82, 2.24) is 4.57 Å². The van der Waals surface area contributed by atoms with Gasteiger partial charge in [0.2, 0.25) is 0 Å². The molecule has 6 aromatic rings. The fraction of sp³-hybridized carbons (Fsp3) is 0.105. The molecule has 0 saturated carbocycles. The molecule has 1 nitrogen and oxygen atoms in total. The van der Waals surface area contributed by atoms with E-state index < -0.39 is 5.41 Å². The molecule has 0 N–H and O–H groups in total. The predicted octanol–water partition coefficient (Wildman–Crippen LogP) is 10.0. The molecule has 0 aliphatic heterocycles. The Morgan fingerprint density at radius 3 is 2.05 bits per heavy atom. The van der Waals surface area contributed by atoms with Gasteiger partial charge in [0, 0.05) is 26.3 Å². The molecule has 192 valence electrons. The van der Waals surface area contributed by atoms with Gasteiger partial charge >= 0.3 is 0 Å². The van der Waals surface area contributed by atoms with Crippen LogP contribution in [0.4, 0.5) is 0 Å². The minimum atomic E-state index is -0.408. The first kappa shape index (κ1) is 23.7. The third-order valence-electron chi connectivity index (χ3n) is 9.23. The van der Waals surface area contributed by atoms with Crippen molar-refractivity contribution in [3.05, 3.63) is 172 Å². The van der Waals surface area contributed by atoms with E-state index in [0.717, 1.165) is 10.9 Å². The molecule has 2 aliphatic carbocycles. The summed E-state index contributed by atoms with van der Waals surface area (Å²) in [6.07, 6.45) is 7.96. The summed E-state index contributed by atoms with van der Waals surface area (Å²) in [5.74, 6) is 0. The Bertz CT molecular complexity index is 1960. The number of rotatable bonds is 3. The van der Waals surface area contributed by atoms with E-state index in [0.29, 0.717) is 0 Å². The summed E-state index contributed by atoms with van der Waals surface area (Å²) in [5, 5.41) is 2.57. The summed E-state index contributed by atoms with van der Waals surface area (Å²) in [6.45, 7) is 2.43. The number of halogens is 1. The van der Waals surface area contributed by atoms with E-state index in [2.05, 4.69) is 167 Å². The highest BCUT2D eigenvalue weighted by molar-refractivity contribution is 9.10. The smallest absolute Gasteiger partial charge is 0.0677 e. The highest BCUT2D eigenvalue weighted by atomic mass is 79.9. The summed E-state index contributed by atoms with van der Waals surface area (Å²) >= 11 is 3.81. The van der Waals surface area contributed by atoms with Crippen LogP contribution in [-0.2, 0) is 10.8 Å². The third-order valence-corrected chi connectivity index (χ3v) is 9.72. The fourth-order valence-electron chi connectivity index (χ4n) is 7.56. The molecule has 2 aliphatic rings. The molecular weight excluding hydrogens is 550 g/mol. The molecule has 40 heavy (non-hydrogen) atoms. The quantitative estimate of drug-likeness (QED) is 0.197. The lowest BCUT2D eigenvalue weighted by Gasteiger charge is -2.39. The lowest BCUT2D eigenvalue weighted by Crippen LogP contribution is -2.34. The number of aromatic nitrogens is 1. The van der Waals surface area contributed by atoms with Crippen LogP contribution in [0.5, 0.6) is 0 Å². The summed E-state index contributed by atoms with van der Waals surface area (Å²) in [4.78, 5) is 0. The van der Waals surface area contributed by atoms with E-state index in [-0.39, 0.29) is 5.41 Å². The van der Waals surface area contributed by atoms with Crippen LogP contribution in [0.3, 0.4) is 0 Å². The Kier molecular flexibility index (Phi) is 5.15. The number of benzene rings is 5. The molecule has 1 aromatic heterocycles. The second-order valence-electron chi connectivity index (χ2n) is 11.3. The van der Waals surface area contributed by atoms with Crippen LogP contribution in [0, 0.1) is 0 Å². The summed E-state index contributed by atoms with van der Waals surface area (Å²) in [7, 11) is 0. The van der Waals surface area contributed by atoms with E-state index >= 15 is 0 Å². The Morgan fingerprint density at radius 2 is 1.32 bits per heavy atom. The first-order valence-corrected chi connectivity index (χ1v) is 14.7. The lowest BCUT2D eigenvalue weighted by atomic mass is 9.63. The summed E-state index contributed by atoms with van der Waals surface area (Å²) < 4.78 is 3.54. The molecule has 0 bridgehead atoms. The average Bonchev–Trinajstić information content (AvgIpc) is 3.45. The Morgan fingerprint density at radius 1 is 0.650 bits per heavy atom. The molecular formula is C38H28BrN. The highest BCUT2D eigenvalue weighted by Gasteiger charge is 2.55. The Balaban J connectivity index is 1.52. The maximum absolute atomic E-state index is 3.81. The van der Waals surface area contributed by atoms with Crippen LogP contribution in [0.15, 0.2) is 150 Å². The molecule has 0 spiro atoms. The van der Waals surface area contributed by atoms with E-state index in [4.69, 9.17) is 0 Å². The van der Waals surface area contributed by atoms with Gasteiger partial charge in [-0.1, -0.05) is 126 Å². The van der Waals surface area contributed by atoms with Crippen LogP contribution < -0.4 is 0 Å². The molecule has 2 heteroatoms. The monoisotopic (exact) mass is 577 g/mol. The van der Waals surface area contributed by atoms with Gasteiger partial charge in [0.05, 0.1) is 16.4 Å². The maximum atomic E-state index is 3.81. The first-order valence-electron chi connectivity index (χ1n) is 14.0. The molecule has 0 saturated heterocycles. The molecule has 5 aromatic carbocycles. The van der Waals surface area contributed by atoms with Gasteiger partial charge < -0.3 is 4.57 Å². The van der Waals surface area contributed by atoms with Crippen molar-refractivity contribution >= 4 is 37.7 Å². The minimum Gasteiger partial charge on any atom is -0.309 e. The first-order chi connectivity index (χ1) is 19.6. The fourth-order valence-corrected chi connectivity index (χ4v) is 7.96. The second kappa shape index (κ2) is 8.68. The molecule has 0 fully saturated rings. The minimum absolute atomic E-state index is 0.0956. The van der Waals surface area contributed by atoms with Crippen molar-refractivity contribution in [2.75, 3.05) is 0 Å². The van der Waals surface area contributed by atoms with E-state index in [9.17, 15) is 0 Å². The highest BCUT2D eigenvalue weighted by Crippen LogP contribution is 2.62. The SMILES string of the molecule is CC12CC=CC=C1C(c1ccccc1)(c1cccc(Br)c1)c1cc(-n3c4ccccc4c4ccccc43)ccc12. The third kappa shape index (κ3) is 3.09. The number of fused-ring (bicyclic) bond motifs is 6. The molecule has 2 atom stereocenters. The lowest BCUT2D eigenvalue weighted by molar-refractivity contribution is 0.540.